The number of carboxylic acids is 1. The largest absolute Gasteiger partial charge is 0.481 e. The molecule has 0 amide bonds. The summed E-state index contributed by atoms with van der Waals surface area (Å²) in [5, 5.41) is 33.6. The van der Waals surface area contributed by atoms with Crippen LogP contribution in [0.15, 0.2) is 12.2 Å². The maximum Gasteiger partial charge on any atom is 0.303 e. The second-order valence-electron chi connectivity index (χ2n) is 6.36. The van der Waals surface area contributed by atoms with Gasteiger partial charge in [0.1, 0.15) is 0 Å². The second-order valence-corrected chi connectivity index (χ2v) is 6.36. The van der Waals surface area contributed by atoms with Crippen molar-refractivity contribution in [3.63, 3.8) is 0 Å². The van der Waals surface area contributed by atoms with E-state index in [1.165, 1.54) is 25.7 Å². The van der Waals surface area contributed by atoms with Crippen LogP contribution in [0.3, 0.4) is 0 Å². The molecule has 150 valence electrons. The zero-order chi connectivity index (χ0) is 19.2. The maximum absolute atomic E-state index is 10.3. The predicted octanol–water partition coefficient (Wildman–Crippen LogP) is 4.05. The van der Waals surface area contributed by atoms with E-state index in [0.717, 1.165) is 51.4 Å². The number of hydrogen-bond acceptors (Lipinski definition) is 4. The van der Waals surface area contributed by atoms with Crippen LogP contribution in [0.2, 0.25) is 0 Å². The van der Waals surface area contributed by atoms with Gasteiger partial charge in [0.05, 0.1) is 19.3 Å². The molecule has 5 heteroatoms. The van der Waals surface area contributed by atoms with Crippen molar-refractivity contribution in [1.29, 1.82) is 0 Å². The lowest BCUT2D eigenvalue weighted by atomic mass is 10.1. The summed E-state index contributed by atoms with van der Waals surface area (Å²) >= 11 is 0. The Morgan fingerprint density at radius 1 is 0.880 bits per heavy atom. The highest BCUT2D eigenvalue weighted by Gasteiger charge is 2.00. The monoisotopic (exact) mass is 360 g/mol. The molecule has 0 aromatic rings. The Kier molecular flexibility index (Phi) is 24.3. The number of aliphatic hydroxyl groups excluding tert-OH is 3. The van der Waals surface area contributed by atoms with Crippen molar-refractivity contribution in [1.82, 2.24) is 0 Å². The fraction of sp³-hybridized carbons (Fsp3) is 0.850. The van der Waals surface area contributed by atoms with Crippen LogP contribution in [0.5, 0.6) is 0 Å². The number of aliphatic carboxylic acids is 1. The molecular weight excluding hydrogens is 320 g/mol. The van der Waals surface area contributed by atoms with Crippen LogP contribution in [0.4, 0.5) is 0 Å². The van der Waals surface area contributed by atoms with Crippen molar-refractivity contribution < 1.29 is 25.2 Å². The van der Waals surface area contributed by atoms with Gasteiger partial charge in [-0.25, -0.2) is 0 Å². The molecule has 0 rings (SSSR count). The second kappa shape index (κ2) is 23.1. The minimum Gasteiger partial charge on any atom is -0.481 e. The van der Waals surface area contributed by atoms with Gasteiger partial charge in [0.15, 0.2) is 0 Å². The van der Waals surface area contributed by atoms with E-state index in [1.54, 1.807) is 0 Å². The van der Waals surface area contributed by atoms with Gasteiger partial charge in [-0.1, -0.05) is 64.0 Å². The van der Waals surface area contributed by atoms with Gasteiger partial charge >= 0.3 is 5.97 Å². The zero-order valence-corrected chi connectivity index (χ0v) is 16.0. The Bertz CT molecular complexity index is 290. The molecule has 4 N–H and O–H groups in total. The highest BCUT2D eigenvalue weighted by Crippen LogP contribution is 2.10. The van der Waals surface area contributed by atoms with E-state index in [4.69, 9.17) is 15.3 Å². The molecule has 0 spiro atoms. The quantitative estimate of drug-likeness (QED) is 0.246. The van der Waals surface area contributed by atoms with Crippen molar-refractivity contribution in [3.8, 4) is 0 Å². The van der Waals surface area contributed by atoms with E-state index < -0.39 is 5.97 Å². The summed E-state index contributed by atoms with van der Waals surface area (Å²) in [4.78, 5) is 10.3. The van der Waals surface area contributed by atoms with Crippen LogP contribution in [-0.4, -0.2) is 45.7 Å². The lowest BCUT2D eigenvalue weighted by Gasteiger charge is -2.07. The normalized spacial score (nSPS) is 12.0. The van der Waals surface area contributed by atoms with Crippen LogP contribution in [0.25, 0.3) is 0 Å². The van der Waals surface area contributed by atoms with Crippen LogP contribution in [-0.2, 0) is 4.79 Å². The molecule has 1 atom stereocenters. The molecule has 0 fully saturated rings. The van der Waals surface area contributed by atoms with Crippen molar-refractivity contribution in [3.05, 3.63) is 12.2 Å². The number of carbonyl (C=O) groups is 1. The molecule has 25 heavy (non-hydrogen) atoms. The standard InChI is InChI=1S/C18H34O3.C2H6O2/c1-2-3-4-11-14-17(19)15-12-9-7-5-6-8-10-13-16-18(20)21;3-1-2-4/h9,12,17,19H,2-8,10-11,13-16H2,1H3,(H,20,21);3-4H,1-2H2/t17-;/m1./s1. The molecule has 0 unspecified atom stereocenters. The van der Waals surface area contributed by atoms with E-state index in [-0.39, 0.29) is 19.3 Å². The van der Waals surface area contributed by atoms with Crippen molar-refractivity contribution in [2.45, 2.75) is 96.5 Å². The Morgan fingerprint density at radius 2 is 1.48 bits per heavy atom. The average molecular weight is 361 g/mol. The zero-order valence-electron chi connectivity index (χ0n) is 16.0. The minimum atomic E-state index is -0.689. The minimum absolute atomic E-state index is 0.125. The smallest absolute Gasteiger partial charge is 0.303 e. The summed E-state index contributed by atoms with van der Waals surface area (Å²) in [6, 6.07) is 0. The Balaban J connectivity index is 0. The fourth-order valence-electron chi connectivity index (χ4n) is 2.36. The molecule has 0 saturated heterocycles. The van der Waals surface area contributed by atoms with Gasteiger partial charge in [-0.2, -0.15) is 0 Å². The molecule has 0 bridgehead atoms. The molecule has 0 heterocycles. The molecular formula is C20H40O5. The number of hydrogen-bond donors (Lipinski definition) is 4. The number of aliphatic hydroxyl groups is 3. The van der Waals surface area contributed by atoms with E-state index in [2.05, 4.69) is 19.1 Å². The van der Waals surface area contributed by atoms with Crippen LogP contribution >= 0.6 is 0 Å². The van der Waals surface area contributed by atoms with E-state index >= 15 is 0 Å². The van der Waals surface area contributed by atoms with Crippen molar-refractivity contribution in [2.75, 3.05) is 13.2 Å². The first-order chi connectivity index (χ1) is 12.1. The molecule has 0 saturated carbocycles. The van der Waals surface area contributed by atoms with Crippen molar-refractivity contribution >= 4 is 5.97 Å². The third-order valence-corrected chi connectivity index (χ3v) is 3.83. The van der Waals surface area contributed by atoms with Gasteiger partial charge in [-0.05, 0) is 32.1 Å². The lowest BCUT2D eigenvalue weighted by molar-refractivity contribution is -0.137. The first-order valence-corrected chi connectivity index (χ1v) is 9.85. The number of allylic oxidation sites excluding steroid dienone is 1. The fourth-order valence-corrected chi connectivity index (χ4v) is 2.36. The third-order valence-electron chi connectivity index (χ3n) is 3.83. The first kappa shape index (κ1) is 26.3. The Morgan fingerprint density at radius 3 is 2.08 bits per heavy atom. The molecule has 0 aliphatic rings. The SMILES string of the molecule is CCCCCC[C@@H](O)CC=CCCCCCCCC(=O)O.OCCO. The van der Waals surface area contributed by atoms with Crippen LogP contribution < -0.4 is 0 Å². The number of rotatable bonds is 16. The summed E-state index contributed by atoms with van der Waals surface area (Å²) in [6.07, 6.45) is 17.4. The van der Waals surface area contributed by atoms with Crippen LogP contribution in [0.1, 0.15) is 90.4 Å². The summed E-state index contributed by atoms with van der Waals surface area (Å²) < 4.78 is 0. The molecule has 0 aliphatic heterocycles. The Hall–Kier alpha value is -0.910. The Labute approximate surface area is 153 Å². The predicted molar refractivity (Wildman–Crippen MR) is 103 cm³/mol. The highest BCUT2D eigenvalue weighted by molar-refractivity contribution is 5.66. The van der Waals surface area contributed by atoms with Gasteiger partial charge in [-0.15, -0.1) is 0 Å². The molecule has 0 aromatic heterocycles. The first-order valence-electron chi connectivity index (χ1n) is 9.85. The average Bonchev–Trinajstić information content (AvgIpc) is 2.60. The summed E-state index contributed by atoms with van der Waals surface area (Å²) in [7, 11) is 0. The molecule has 0 aromatic carbocycles. The summed E-state index contributed by atoms with van der Waals surface area (Å²) in [6.45, 7) is 1.95. The molecule has 5 nitrogen and oxygen atoms in total. The van der Waals surface area contributed by atoms with E-state index in [9.17, 15) is 9.90 Å². The van der Waals surface area contributed by atoms with Crippen LogP contribution in [0, 0.1) is 0 Å². The highest BCUT2D eigenvalue weighted by atomic mass is 16.4. The van der Waals surface area contributed by atoms with Gasteiger partial charge < -0.3 is 20.4 Å². The van der Waals surface area contributed by atoms with E-state index in [1.807, 2.05) is 0 Å². The van der Waals surface area contributed by atoms with E-state index in [0.29, 0.717) is 6.42 Å². The molecule has 0 aliphatic carbocycles. The topological polar surface area (TPSA) is 98.0 Å². The van der Waals surface area contributed by atoms with Gasteiger partial charge in [0, 0.05) is 6.42 Å². The van der Waals surface area contributed by atoms with Crippen molar-refractivity contribution in [2.24, 2.45) is 0 Å². The third kappa shape index (κ3) is 28.2. The maximum atomic E-state index is 10.3. The van der Waals surface area contributed by atoms with Gasteiger partial charge in [0.25, 0.3) is 0 Å². The number of unbranched alkanes of at least 4 members (excludes halogenated alkanes) is 8. The number of carboxylic acid groups (broad SMARTS) is 1. The molecule has 0 radical (unpaired) electrons. The van der Waals surface area contributed by atoms with Gasteiger partial charge in [-0.3, -0.25) is 4.79 Å². The summed E-state index contributed by atoms with van der Waals surface area (Å²) in [5.41, 5.74) is 0. The lowest BCUT2D eigenvalue weighted by Crippen LogP contribution is -2.04. The summed E-state index contributed by atoms with van der Waals surface area (Å²) in [5.74, 6) is -0.689. The van der Waals surface area contributed by atoms with Gasteiger partial charge in [0.2, 0.25) is 0 Å².